The molecule has 2 aliphatic rings. The Hall–Kier alpha value is -3.77. The van der Waals surface area contributed by atoms with Gasteiger partial charge in [0.1, 0.15) is 11.6 Å². The molecule has 0 unspecified atom stereocenters. The van der Waals surface area contributed by atoms with E-state index in [-0.39, 0.29) is 22.6 Å². The Kier molecular flexibility index (Phi) is 4.72. The lowest BCUT2D eigenvalue weighted by molar-refractivity contribution is 0.101. The summed E-state index contributed by atoms with van der Waals surface area (Å²) in [6.07, 6.45) is 7.47. The van der Waals surface area contributed by atoms with Gasteiger partial charge in [0.15, 0.2) is 5.78 Å². The second-order valence-corrected chi connectivity index (χ2v) is 8.47. The van der Waals surface area contributed by atoms with Gasteiger partial charge in [-0.2, -0.15) is 5.26 Å². The van der Waals surface area contributed by atoms with Crippen LogP contribution in [0.1, 0.15) is 52.6 Å². The molecule has 3 nitrogen and oxygen atoms in total. The third-order valence-electron chi connectivity index (χ3n) is 5.43. The highest BCUT2D eigenvalue weighted by atomic mass is 16.1. The Morgan fingerprint density at radius 3 is 1.70 bits per heavy atom. The molecular weight excluding hydrogens is 370 g/mol. The molecular formula is C27H21NO2. The molecule has 0 saturated heterocycles. The molecule has 0 aromatic heterocycles. The highest BCUT2D eigenvalue weighted by molar-refractivity contribution is 6.19. The van der Waals surface area contributed by atoms with Crippen molar-refractivity contribution >= 4 is 22.7 Å². The maximum Gasteiger partial charge on any atom is 0.204 e. The summed E-state index contributed by atoms with van der Waals surface area (Å²) in [5.41, 5.74) is 5.26. The van der Waals surface area contributed by atoms with Gasteiger partial charge in [0.05, 0.1) is 0 Å². The highest BCUT2D eigenvalue weighted by Crippen LogP contribution is 2.38. The van der Waals surface area contributed by atoms with Gasteiger partial charge in [-0.1, -0.05) is 81.5 Å². The number of benzene rings is 2. The van der Waals surface area contributed by atoms with E-state index in [2.05, 4.69) is 0 Å². The van der Waals surface area contributed by atoms with Gasteiger partial charge < -0.3 is 0 Å². The molecule has 0 amide bonds. The topological polar surface area (TPSA) is 57.9 Å². The molecule has 2 aliphatic carbocycles. The first-order chi connectivity index (χ1) is 14.3. The standard InChI is InChI=1S/C27H21NO2/c1-27(2,3)24-15-18(21-9-5-7-11-23(21)26(24)30)13-12-17-14-19(16-28)25(29)22-10-6-4-8-20(17)22/h4-15H,1-3H3/b17-12-,18-13-. The lowest BCUT2D eigenvalue weighted by atomic mass is 9.75. The quantitative estimate of drug-likeness (QED) is 0.602. The minimum Gasteiger partial charge on any atom is -0.289 e. The molecule has 30 heavy (non-hydrogen) atoms. The fraction of sp³-hybridized carbons (Fsp3) is 0.148. The third kappa shape index (κ3) is 3.27. The van der Waals surface area contributed by atoms with E-state index in [1.54, 1.807) is 18.2 Å². The summed E-state index contributed by atoms with van der Waals surface area (Å²) >= 11 is 0. The van der Waals surface area contributed by atoms with E-state index in [0.717, 1.165) is 27.8 Å². The van der Waals surface area contributed by atoms with E-state index in [1.165, 1.54) is 0 Å². The Balaban J connectivity index is 1.90. The summed E-state index contributed by atoms with van der Waals surface area (Å²) < 4.78 is 0. The molecule has 0 aliphatic heterocycles. The maximum absolute atomic E-state index is 13.0. The zero-order valence-corrected chi connectivity index (χ0v) is 17.2. The van der Waals surface area contributed by atoms with Gasteiger partial charge in [0.25, 0.3) is 0 Å². The molecule has 4 rings (SSSR count). The number of nitrogens with zero attached hydrogens (tertiary/aromatic N) is 1. The molecule has 0 saturated carbocycles. The lowest BCUT2D eigenvalue weighted by Crippen LogP contribution is -2.22. The third-order valence-corrected chi connectivity index (χ3v) is 5.43. The van der Waals surface area contributed by atoms with Crippen molar-refractivity contribution < 1.29 is 9.59 Å². The van der Waals surface area contributed by atoms with Crippen LogP contribution in [0.25, 0.3) is 11.1 Å². The number of rotatable bonds is 1. The molecule has 0 spiro atoms. The van der Waals surface area contributed by atoms with Gasteiger partial charge >= 0.3 is 0 Å². The summed E-state index contributed by atoms with van der Waals surface area (Å²) in [4.78, 5) is 25.5. The van der Waals surface area contributed by atoms with Gasteiger partial charge in [-0.05, 0) is 39.8 Å². The first-order valence-electron chi connectivity index (χ1n) is 9.85. The fourth-order valence-electron chi connectivity index (χ4n) is 3.85. The predicted octanol–water partition coefficient (Wildman–Crippen LogP) is 5.97. The van der Waals surface area contributed by atoms with Gasteiger partial charge in [-0.25, -0.2) is 0 Å². The van der Waals surface area contributed by atoms with Gasteiger partial charge in [-0.3, -0.25) is 9.59 Å². The SMILES string of the molecule is CC(C)(C)C1=C/C(=C/C=C2/C=C(C#N)C(=O)c3ccccc32)c2ccccc2C1=O. The van der Waals surface area contributed by atoms with E-state index in [4.69, 9.17) is 0 Å². The van der Waals surface area contributed by atoms with E-state index < -0.39 is 0 Å². The zero-order chi connectivity index (χ0) is 21.5. The van der Waals surface area contributed by atoms with Crippen LogP contribution in [-0.4, -0.2) is 11.6 Å². The van der Waals surface area contributed by atoms with Crippen LogP contribution in [0.4, 0.5) is 0 Å². The summed E-state index contributed by atoms with van der Waals surface area (Å²) in [6.45, 7) is 6.10. The average Bonchev–Trinajstić information content (AvgIpc) is 2.74. The number of hydrogen-bond donors (Lipinski definition) is 0. The van der Waals surface area contributed by atoms with Crippen molar-refractivity contribution in [3.8, 4) is 6.07 Å². The van der Waals surface area contributed by atoms with Crippen LogP contribution in [-0.2, 0) is 0 Å². The average molecular weight is 391 g/mol. The summed E-state index contributed by atoms with van der Waals surface area (Å²) in [5.74, 6) is -0.190. The predicted molar refractivity (Wildman–Crippen MR) is 119 cm³/mol. The monoisotopic (exact) mass is 391 g/mol. The first-order valence-corrected chi connectivity index (χ1v) is 9.85. The molecule has 146 valence electrons. The van der Waals surface area contributed by atoms with Crippen molar-refractivity contribution in [3.05, 3.63) is 106 Å². The Morgan fingerprint density at radius 2 is 1.20 bits per heavy atom. The second-order valence-electron chi connectivity index (χ2n) is 8.47. The molecule has 0 fully saturated rings. The molecule has 2 aromatic carbocycles. The van der Waals surface area contributed by atoms with E-state index in [9.17, 15) is 14.9 Å². The zero-order valence-electron chi connectivity index (χ0n) is 17.2. The van der Waals surface area contributed by atoms with E-state index >= 15 is 0 Å². The number of hydrogen-bond acceptors (Lipinski definition) is 3. The van der Waals surface area contributed by atoms with Crippen LogP contribution in [0.5, 0.6) is 0 Å². The number of ketones is 2. The van der Waals surface area contributed by atoms with Crippen LogP contribution in [0.3, 0.4) is 0 Å². The smallest absolute Gasteiger partial charge is 0.204 e. The normalized spacial score (nSPS) is 18.5. The molecule has 0 radical (unpaired) electrons. The summed E-state index contributed by atoms with van der Waals surface area (Å²) in [5, 5.41) is 9.38. The van der Waals surface area contributed by atoms with Crippen molar-refractivity contribution in [2.45, 2.75) is 20.8 Å². The van der Waals surface area contributed by atoms with Crippen molar-refractivity contribution in [2.75, 3.05) is 0 Å². The van der Waals surface area contributed by atoms with Crippen LogP contribution in [0.2, 0.25) is 0 Å². The number of carbonyl (C=O) groups is 2. The molecule has 0 N–H and O–H groups in total. The summed E-state index contributed by atoms with van der Waals surface area (Å²) in [7, 11) is 0. The van der Waals surface area contributed by atoms with Crippen molar-refractivity contribution in [1.82, 2.24) is 0 Å². The Morgan fingerprint density at radius 1 is 0.733 bits per heavy atom. The van der Waals surface area contributed by atoms with Crippen LogP contribution in [0, 0.1) is 16.7 Å². The fourth-order valence-corrected chi connectivity index (χ4v) is 3.85. The number of carbonyl (C=O) groups excluding carboxylic acids is 2. The van der Waals surface area contributed by atoms with E-state index in [0.29, 0.717) is 11.1 Å². The Bertz CT molecular complexity index is 1250. The van der Waals surface area contributed by atoms with Crippen LogP contribution >= 0.6 is 0 Å². The van der Waals surface area contributed by atoms with Crippen molar-refractivity contribution in [3.63, 3.8) is 0 Å². The summed E-state index contributed by atoms with van der Waals surface area (Å²) in [6, 6.07) is 16.9. The highest BCUT2D eigenvalue weighted by Gasteiger charge is 2.30. The minimum atomic E-state index is -0.283. The maximum atomic E-state index is 13.0. The van der Waals surface area contributed by atoms with Crippen molar-refractivity contribution in [1.29, 1.82) is 5.26 Å². The number of Topliss-reactive ketones (excluding diaryl/α,β-unsaturated/α-hetero) is 2. The van der Waals surface area contributed by atoms with Gasteiger partial charge in [0, 0.05) is 16.7 Å². The van der Waals surface area contributed by atoms with E-state index in [1.807, 2.05) is 81.5 Å². The lowest BCUT2D eigenvalue weighted by Gasteiger charge is -2.27. The molecule has 2 aromatic rings. The number of fused-ring (bicyclic) bond motifs is 2. The largest absolute Gasteiger partial charge is 0.289 e. The van der Waals surface area contributed by atoms with Gasteiger partial charge in [-0.15, -0.1) is 0 Å². The molecule has 0 heterocycles. The second kappa shape index (κ2) is 7.24. The van der Waals surface area contributed by atoms with Gasteiger partial charge in [0.2, 0.25) is 5.78 Å². The molecule has 3 heteroatoms. The minimum absolute atomic E-state index is 0.0585. The first kappa shape index (κ1) is 19.5. The van der Waals surface area contributed by atoms with Crippen molar-refractivity contribution in [2.24, 2.45) is 5.41 Å². The Labute approximate surface area is 176 Å². The van der Waals surface area contributed by atoms with Crippen LogP contribution < -0.4 is 0 Å². The number of allylic oxidation sites excluding steroid dienone is 8. The molecule has 0 atom stereocenters. The van der Waals surface area contributed by atoms with Crippen LogP contribution in [0.15, 0.2) is 84.0 Å². The molecule has 0 bridgehead atoms. The number of nitriles is 1.